The lowest BCUT2D eigenvalue weighted by atomic mass is 10.3. The summed E-state index contributed by atoms with van der Waals surface area (Å²) in [5, 5.41) is 10.3. The van der Waals surface area contributed by atoms with Crippen LogP contribution in [0.1, 0.15) is 0 Å². The fourth-order valence-electron chi connectivity index (χ4n) is 2.56. The summed E-state index contributed by atoms with van der Waals surface area (Å²) in [7, 11) is 1.61. The minimum Gasteiger partial charge on any atom is -0.497 e. The minimum absolute atomic E-state index is 0.0908. The second-order valence-electron chi connectivity index (χ2n) is 5.63. The fraction of sp³-hybridized carbons (Fsp3) is 0.105. The maximum absolute atomic E-state index is 12.3. The van der Waals surface area contributed by atoms with Gasteiger partial charge in [-0.1, -0.05) is 17.8 Å². The Hall–Kier alpha value is -2.84. The lowest BCUT2D eigenvalue weighted by Gasteiger charge is -2.06. The van der Waals surface area contributed by atoms with Crippen LogP contribution in [0.25, 0.3) is 16.1 Å². The minimum atomic E-state index is -0.0908. The summed E-state index contributed by atoms with van der Waals surface area (Å²) in [5.41, 5.74) is 2.53. The molecule has 1 amide bonds. The van der Waals surface area contributed by atoms with E-state index in [0.717, 1.165) is 32.6 Å². The lowest BCUT2D eigenvalue weighted by Crippen LogP contribution is -2.14. The lowest BCUT2D eigenvalue weighted by molar-refractivity contribution is -0.113. The van der Waals surface area contributed by atoms with E-state index in [0.29, 0.717) is 0 Å². The number of benzene rings is 1. The van der Waals surface area contributed by atoms with Crippen LogP contribution in [-0.4, -0.2) is 33.4 Å². The molecule has 1 N–H and O–H groups in total. The van der Waals surface area contributed by atoms with E-state index in [1.165, 1.54) is 11.8 Å². The third-order valence-electron chi connectivity index (χ3n) is 3.84. The van der Waals surface area contributed by atoms with Crippen molar-refractivity contribution in [2.75, 3.05) is 18.2 Å². The number of anilines is 1. The molecule has 0 fully saturated rings. The second kappa shape index (κ2) is 7.81. The first-order valence-electron chi connectivity index (χ1n) is 8.18. The quantitative estimate of drug-likeness (QED) is 0.495. The number of nitrogens with zero attached hydrogens (tertiary/aromatic N) is 3. The molecule has 0 bridgehead atoms. The van der Waals surface area contributed by atoms with E-state index in [4.69, 9.17) is 4.74 Å². The normalized spacial score (nSPS) is 10.9. The SMILES string of the molecule is COc1ccc(NC(=O)CSc2nccn3nc(-c4cccs4)cc23)cc1. The van der Waals surface area contributed by atoms with E-state index in [1.807, 2.05) is 54.0 Å². The van der Waals surface area contributed by atoms with Crippen molar-refractivity contribution in [2.24, 2.45) is 0 Å². The van der Waals surface area contributed by atoms with Crippen molar-refractivity contribution in [3.05, 3.63) is 60.2 Å². The van der Waals surface area contributed by atoms with E-state index in [-0.39, 0.29) is 11.7 Å². The molecule has 1 aromatic carbocycles. The standard InChI is InChI=1S/C19H16N4O2S2/c1-25-14-6-4-13(5-7-14)21-18(24)12-27-19-16-11-15(17-3-2-10-26-17)22-23(16)9-8-20-19/h2-11H,12H2,1H3,(H,21,24). The van der Waals surface area contributed by atoms with Crippen LogP contribution < -0.4 is 10.1 Å². The number of ether oxygens (including phenoxy) is 1. The predicted molar refractivity (Wildman–Crippen MR) is 109 cm³/mol. The summed E-state index contributed by atoms with van der Waals surface area (Å²) in [6.07, 6.45) is 3.51. The molecule has 0 aliphatic carbocycles. The van der Waals surface area contributed by atoms with E-state index < -0.39 is 0 Å². The molecule has 0 saturated carbocycles. The number of rotatable bonds is 6. The Balaban J connectivity index is 1.45. The average molecular weight is 396 g/mol. The Bertz CT molecular complexity index is 1060. The maximum atomic E-state index is 12.3. The predicted octanol–water partition coefficient (Wildman–Crippen LogP) is 4.20. The van der Waals surface area contributed by atoms with Crippen molar-refractivity contribution < 1.29 is 9.53 Å². The zero-order valence-electron chi connectivity index (χ0n) is 14.5. The van der Waals surface area contributed by atoms with Gasteiger partial charge in [0.1, 0.15) is 16.5 Å². The van der Waals surface area contributed by atoms with Gasteiger partial charge in [0, 0.05) is 18.1 Å². The molecule has 3 aromatic heterocycles. The van der Waals surface area contributed by atoms with Gasteiger partial charge in [0.05, 0.1) is 23.3 Å². The van der Waals surface area contributed by atoms with Gasteiger partial charge in [-0.05, 0) is 41.8 Å². The molecular weight excluding hydrogens is 380 g/mol. The van der Waals surface area contributed by atoms with Crippen molar-refractivity contribution in [3.63, 3.8) is 0 Å². The van der Waals surface area contributed by atoms with Crippen LogP contribution in [0.3, 0.4) is 0 Å². The van der Waals surface area contributed by atoms with E-state index in [9.17, 15) is 4.79 Å². The van der Waals surface area contributed by atoms with Gasteiger partial charge < -0.3 is 10.1 Å². The van der Waals surface area contributed by atoms with Crippen LogP contribution in [0.15, 0.2) is 65.3 Å². The highest BCUT2D eigenvalue weighted by Crippen LogP contribution is 2.28. The number of fused-ring (bicyclic) bond motifs is 1. The smallest absolute Gasteiger partial charge is 0.234 e. The molecular formula is C19H16N4O2S2. The van der Waals surface area contributed by atoms with E-state index >= 15 is 0 Å². The Kier molecular flexibility index (Phi) is 5.08. The van der Waals surface area contributed by atoms with Gasteiger partial charge in [-0.15, -0.1) is 11.3 Å². The molecule has 0 unspecified atom stereocenters. The van der Waals surface area contributed by atoms with Gasteiger partial charge in [0.25, 0.3) is 0 Å². The highest BCUT2D eigenvalue weighted by atomic mass is 32.2. The van der Waals surface area contributed by atoms with Crippen molar-refractivity contribution in [1.29, 1.82) is 0 Å². The van der Waals surface area contributed by atoms with Gasteiger partial charge in [0.2, 0.25) is 5.91 Å². The zero-order chi connectivity index (χ0) is 18.6. The summed E-state index contributed by atoms with van der Waals surface area (Å²) in [6, 6.07) is 13.3. The summed E-state index contributed by atoms with van der Waals surface area (Å²) >= 11 is 3.03. The van der Waals surface area contributed by atoms with Crippen LogP contribution in [-0.2, 0) is 4.79 Å². The molecule has 6 nitrogen and oxygen atoms in total. The van der Waals surface area contributed by atoms with Gasteiger partial charge >= 0.3 is 0 Å². The topological polar surface area (TPSA) is 68.5 Å². The van der Waals surface area contributed by atoms with Crippen LogP contribution in [0.2, 0.25) is 0 Å². The largest absolute Gasteiger partial charge is 0.497 e. The van der Waals surface area contributed by atoms with Crippen LogP contribution in [0.4, 0.5) is 5.69 Å². The van der Waals surface area contributed by atoms with Crippen molar-refractivity contribution >= 4 is 40.2 Å². The van der Waals surface area contributed by atoms with Gasteiger partial charge in [-0.3, -0.25) is 4.79 Å². The van der Waals surface area contributed by atoms with Gasteiger partial charge in [-0.25, -0.2) is 9.50 Å². The Labute approximate surface area is 164 Å². The number of carbonyl (C=O) groups is 1. The molecule has 0 aliphatic heterocycles. The second-order valence-corrected chi connectivity index (χ2v) is 7.55. The Morgan fingerprint density at radius 1 is 1.30 bits per heavy atom. The van der Waals surface area contributed by atoms with Crippen molar-refractivity contribution in [2.45, 2.75) is 5.03 Å². The van der Waals surface area contributed by atoms with E-state index in [1.54, 1.807) is 29.2 Å². The number of thiophene rings is 1. The third-order valence-corrected chi connectivity index (χ3v) is 5.73. The van der Waals surface area contributed by atoms with E-state index in [2.05, 4.69) is 15.4 Å². The molecule has 27 heavy (non-hydrogen) atoms. The average Bonchev–Trinajstić information content (AvgIpc) is 3.36. The molecule has 8 heteroatoms. The van der Waals surface area contributed by atoms with Crippen molar-refractivity contribution in [1.82, 2.24) is 14.6 Å². The monoisotopic (exact) mass is 396 g/mol. The molecule has 0 radical (unpaired) electrons. The number of nitrogens with one attached hydrogen (secondary N) is 1. The highest BCUT2D eigenvalue weighted by molar-refractivity contribution is 8.00. The molecule has 0 aliphatic rings. The molecule has 4 aromatic rings. The number of methoxy groups -OCH3 is 1. The molecule has 4 rings (SSSR count). The van der Waals surface area contributed by atoms with Gasteiger partial charge in [-0.2, -0.15) is 5.10 Å². The molecule has 0 atom stereocenters. The maximum Gasteiger partial charge on any atom is 0.234 e. The Morgan fingerprint density at radius 2 is 2.15 bits per heavy atom. The number of thioether (sulfide) groups is 1. The summed E-state index contributed by atoms with van der Waals surface area (Å²) < 4.78 is 6.91. The molecule has 3 heterocycles. The van der Waals surface area contributed by atoms with Crippen LogP contribution in [0, 0.1) is 0 Å². The van der Waals surface area contributed by atoms with Crippen LogP contribution >= 0.6 is 23.1 Å². The van der Waals surface area contributed by atoms with Gasteiger partial charge in [0.15, 0.2) is 0 Å². The number of amides is 1. The number of hydrogen-bond acceptors (Lipinski definition) is 6. The summed E-state index contributed by atoms with van der Waals surface area (Å²) in [5.74, 6) is 0.922. The third kappa shape index (κ3) is 3.96. The first-order valence-corrected chi connectivity index (χ1v) is 10.0. The summed E-state index contributed by atoms with van der Waals surface area (Å²) in [6.45, 7) is 0. The molecule has 0 saturated heterocycles. The first-order chi connectivity index (χ1) is 13.2. The first kappa shape index (κ1) is 17.6. The number of hydrogen-bond donors (Lipinski definition) is 1. The fourth-order valence-corrected chi connectivity index (χ4v) is 4.02. The molecule has 0 spiro atoms. The zero-order valence-corrected chi connectivity index (χ0v) is 16.1. The van der Waals surface area contributed by atoms with Crippen LogP contribution in [0.5, 0.6) is 5.75 Å². The Morgan fingerprint density at radius 3 is 2.89 bits per heavy atom. The number of carbonyl (C=O) groups excluding carboxylic acids is 1. The molecule has 136 valence electrons. The number of aromatic nitrogens is 3. The summed E-state index contributed by atoms with van der Waals surface area (Å²) in [4.78, 5) is 17.8. The highest BCUT2D eigenvalue weighted by Gasteiger charge is 2.12. The van der Waals surface area contributed by atoms with Crippen molar-refractivity contribution in [3.8, 4) is 16.3 Å².